The standard InChI is InChI=1S/C10H20ClNO3S/c11-7-4-8-16(14,15)12-9-5-2-1-3-6-10(9)13/h9-10,12-13H,1-8H2. The maximum Gasteiger partial charge on any atom is 0.211 e. The Morgan fingerprint density at radius 3 is 2.62 bits per heavy atom. The van der Waals surface area contributed by atoms with Crippen molar-refractivity contribution in [1.82, 2.24) is 4.72 Å². The first-order valence-corrected chi connectivity index (χ1v) is 7.98. The molecule has 2 N–H and O–H groups in total. The molecule has 0 heterocycles. The van der Waals surface area contributed by atoms with E-state index in [-0.39, 0.29) is 11.8 Å². The van der Waals surface area contributed by atoms with Crippen molar-refractivity contribution in [2.24, 2.45) is 0 Å². The highest BCUT2D eigenvalue weighted by atomic mass is 35.5. The van der Waals surface area contributed by atoms with Crippen molar-refractivity contribution >= 4 is 21.6 Å². The zero-order valence-electron chi connectivity index (χ0n) is 9.36. The van der Waals surface area contributed by atoms with Gasteiger partial charge in [0, 0.05) is 11.9 Å². The predicted molar refractivity (Wildman–Crippen MR) is 65.1 cm³/mol. The Morgan fingerprint density at radius 2 is 1.94 bits per heavy atom. The first-order chi connectivity index (χ1) is 7.55. The van der Waals surface area contributed by atoms with Crippen molar-refractivity contribution in [3.05, 3.63) is 0 Å². The SMILES string of the molecule is O=S(=O)(CCCCl)NC1CCCCCC1O. The molecule has 1 rings (SSSR count). The Balaban J connectivity index is 2.50. The summed E-state index contributed by atoms with van der Waals surface area (Å²) in [6, 6.07) is -0.317. The number of nitrogens with one attached hydrogen (secondary N) is 1. The molecule has 0 amide bonds. The quantitative estimate of drug-likeness (QED) is 0.583. The molecule has 0 aromatic carbocycles. The fourth-order valence-corrected chi connectivity index (χ4v) is 3.63. The minimum absolute atomic E-state index is 0.0414. The smallest absolute Gasteiger partial charge is 0.211 e. The number of aliphatic hydroxyl groups is 1. The molecular formula is C10H20ClNO3S. The van der Waals surface area contributed by atoms with Crippen LogP contribution in [0.25, 0.3) is 0 Å². The van der Waals surface area contributed by atoms with Gasteiger partial charge >= 0.3 is 0 Å². The Morgan fingerprint density at radius 1 is 1.25 bits per heavy atom. The van der Waals surface area contributed by atoms with Gasteiger partial charge in [0.15, 0.2) is 0 Å². The van der Waals surface area contributed by atoms with Crippen LogP contribution in [-0.4, -0.2) is 37.3 Å². The molecule has 0 bridgehead atoms. The van der Waals surface area contributed by atoms with Crippen LogP contribution in [-0.2, 0) is 10.0 Å². The molecule has 2 unspecified atom stereocenters. The lowest BCUT2D eigenvalue weighted by molar-refractivity contribution is 0.130. The van der Waals surface area contributed by atoms with Crippen molar-refractivity contribution in [1.29, 1.82) is 0 Å². The van der Waals surface area contributed by atoms with Crippen LogP contribution in [0.4, 0.5) is 0 Å². The topological polar surface area (TPSA) is 66.4 Å². The third-order valence-electron chi connectivity index (χ3n) is 2.86. The molecule has 0 aromatic rings. The van der Waals surface area contributed by atoms with E-state index in [1.807, 2.05) is 0 Å². The number of hydrogen-bond acceptors (Lipinski definition) is 3. The van der Waals surface area contributed by atoms with E-state index >= 15 is 0 Å². The molecule has 1 aliphatic rings. The number of hydrogen-bond donors (Lipinski definition) is 2. The number of sulfonamides is 1. The van der Waals surface area contributed by atoms with Gasteiger partial charge in [0.1, 0.15) is 0 Å². The molecular weight excluding hydrogens is 250 g/mol. The highest BCUT2D eigenvalue weighted by molar-refractivity contribution is 7.89. The normalized spacial score (nSPS) is 27.6. The summed E-state index contributed by atoms with van der Waals surface area (Å²) in [5.74, 6) is 0.383. The summed E-state index contributed by atoms with van der Waals surface area (Å²) in [4.78, 5) is 0. The minimum atomic E-state index is -3.29. The first kappa shape index (κ1) is 14.2. The Hall–Kier alpha value is 0.160. The van der Waals surface area contributed by atoms with E-state index in [2.05, 4.69) is 4.72 Å². The van der Waals surface area contributed by atoms with Crippen molar-refractivity contribution in [3.8, 4) is 0 Å². The first-order valence-electron chi connectivity index (χ1n) is 5.79. The maximum absolute atomic E-state index is 11.6. The van der Waals surface area contributed by atoms with E-state index in [4.69, 9.17) is 11.6 Å². The fourth-order valence-electron chi connectivity index (χ4n) is 1.96. The van der Waals surface area contributed by atoms with Crippen LogP contribution in [0, 0.1) is 0 Å². The summed E-state index contributed by atoms with van der Waals surface area (Å²) >= 11 is 5.46. The fraction of sp³-hybridized carbons (Fsp3) is 1.00. The number of rotatable bonds is 5. The summed E-state index contributed by atoms with van der Waals surface area (Å²) < 4.78 is 25.9. The molecule has 1 saturated carbocycles. The molecule has 0 radical (unpaired) electrons. The zero-order chi connectivity index (χ0) is 12.0. The van der Waals surface area contributed by atoms with E-state index < -0.39 is 16.1 Å². The minimum Gasteiger partial charge on any atom is -0.391 e. The third-order valence-corrected chi connectivity index (χ3v) is 4.61. The monoisotopic (exact) mass is 269 g/mol. The second kappa shape index (κ2) is 6.79. The van der Waals surface area contributed by atoms with Gasteiger partial charge < -0.3 is 5.11 Å². The zero-order valence-corrected chi connectivity index (χ0v) is 10.9. The molecule has 4 nitrogen and oxygen atoms in total. The Bertz CT molecular complexity index is 294. The average molecular weight is 270 g/mol. The van der Waals surface area contributed by atoms with Gasteiger partial charge in [-0.2, -0.15) is 0 Å². The van der Waals surface area contributed by atoms with Crippen LogP contribution in [0.1, 0.15) is 38.5 Å². The highest BCUT2D eigenvalue weighted by Crippen LogP contribution is 2.18. The molecule has 1 fully saturated rings. The van der Waals surface area contributed by atoms with Gasteiger partial charge in [0.25, 0.3) is 0 Å². The summed E-state index contributed by atoms with van der Waals surface area (Å²) in [6.07, 6.45) is 4.31. The Kier molecular flexibility index (Phi) is 6.03. The van der Waals surface area contributed by atoms with Crippen LogP contribution >= 0.6 is 11.6 Å². The van der Waals surface area contributed by atoms with Crippen LogP contribution in [0.2, 0.25) is 0 Å². The van der Waals surface area contributed by atoms with Gasteiger partial charge in [-0.05, 0) is 19.3 Å². The second-order valence-electron chi connectivity index (χ2n) is 4.29. The van der Waals surface area contributed by atoms with Crippen LogP contribution in [0.3, 0.4) is 0 Å². The van der Waals surface area contributed by atoms with E-state index in [9.17, 15) is 13.5 Å². The largest absolute Gasteiger partial charge is 0.391 e. The maximum atomic E-state index is 11.6. The average Bonchev–Trinajstić information content (AvgIpc) is 2.41. The van der Waals surface area contributed by atoms with E-state index in [1.54, 1.807) is 0 Å². The molecule has 6 heteroatoms. The van der Waals surface area contributed by atoms with E-state index in [0.29, 0.717) is 18.7 Å². The molecule has 1 aliphatic carbocycles. The summed E-state index contributed by atoms with van der Waals surface area (Å²) in [5.41, 5.74) is 0. The third kappa shape index (κ3) is 4.99. The second-order valence-corrected chi connectivity index (χ2v) is 6.54. The van der Waals surface area contributed by atoms with Gasteiger partial charge in [-0.1, -0.05) is 19.3 Å². The number of alkyl halides is 1. The lowest BCUT2D eigenvalue weighted by Gasteiger charge is -2.21. The van der Waals surface area contributed by atoms with Crippen LogP contribution in [0.5, 0.6) is 0 Å². The van der Waals surface area contributed by atoms with Crippen LogP contribution in [0.15, 0.2) is 0 Å². The number of aliphatic hydroxyl groups excluding tert-OH is 1. The van der Waals surface area contributed by atoms with Crippen LogP contribution < -0.4 is 4.72 Å². The Labute approximate surface area is 102 Å². The van der Waals surface area contributed by atoms with Crippen molar-refractivity contribution < 1.29 is 13.5 Å². The van der Waals surface area contributed by atoms with Gasteiger partial charge in [0.2, 0.25) is 10.0 Å². The molecule has 0 aromatic heterocycles. The highest BCUT2D eigenvalue weighted by Gasteiger charge is 2.25. The van der Waals surface area contributed by atoms with Crippen molar-refractivity contribution in [2.45, 2.75) is 50.7 Å². The number of halogens is 1. The molecule has 0 aliphatic heterocycles. The predicted octanol–water partition coefficient (Wildman–Crippen LogP) is 1.23. The molecule has 0 saturated heterocycles. The lowest BCUT2D eigenvalue weighted by atomic mass is 10.1. The van der Waals surface area contributed by atoms with Gasteiger partial charge in [-0.25, -0.2) is 13.1 Å². The summed E-state index contributed by atoms with van der Waals surface area (Å²) in [6.45, 7) is 0. The van der Waals surface area contributed by atoms with Crippen molar-refractivity contribution in [3.63, 3.8) is 0 Å². The summed E-state index contributed by atoms with van der Waals surface area (Å²) in [7, 11) is -3.29. The van der Waals surface area contributed by atoms with Gasteiger partial charge in [0.05, 0.1) is 11.9 Å². The molecule has 96 valence electrons. The molecule has 16 heavy (non-hydrogen) atoms. The lowest BCUT2D eigenvalue weighted by Crippen LogP contribution is -2.43. The van der Waals surface area contributed by atoms with Gasteiger partial charge in [-0.15, -0.1) is 11.6 Å². The van der Waals surface area contributed by atoms with Crippen molar-refractivity contribution in [2.75, 3.05) is 11.6 Å². The summed E-state index contributed by atoms with van der Waals surface area (Å²) in [5, 5.41) is 9.78. The van der Waals surface area contributed by atoms with E-state index in [0.717, 1.165) is 25.7 Å². The van der Waals surface area contributed by atoms with Gasteiger partial charge in [-0.3, -0.25) is 0 Å². The molecule has 0 spiro atoms. The van der Waals surface area contributed by atoms with E-state index in [1.165, 1.54) is 0 Å². The molecule has 2 atom stereocenters.